The average Bonchev–Trinajstić information content (AvgIpc) is 3.05. The van der Waals surface area contributed by atoms with E-state index in [0.717, 1.165) is 10.6 Å². The van der Waals surface area contributed by atoms with E-state index in [0.29, 0.717) is 21.8 Å². The van der Waals surface area contributed by atoms with Gasteiger partial charge in [-0.25, -0.2) is 9.37 Å². The Hall–Kier alpha value is -2.84. The highest BCUT2D eigenvalue weighted by atomic mass is 32.1. The second-order valence-corrected chi connectivity index (χ2v) is 7.20. The molecule has 0 radical (unpaired) electrons. The van der Waals surface area contributed by atoms with Crippen molar-refractivity contribution in [3.63, 3.8) is 0 Å². The van der Waals surface area contributed by atoms with E-state index >= 15 is 0 Å². The normalized spacial score (nSPS) is 10.3. The van der Waals surface area contributed by atoms with Crippen molar-refractivity contribution in [1.29, 1.82) is 0 Å². The van der Waals surface area contributed by atoms with Gasteiger partial charge < -0.3 is 5.32 Å². The van der Waals surface area contributed by atoms with Crippen molar-refractivity contribution in [3.05, 3.63) is 70.5 Å². The molecule has 138 valence electrons. The van der Waals surface area contributed by atoms with Crippen LogP contribution in [-0.4, -0.2) is 16.0 Å². The molecule has 0 aliphatic rings. The summed E-state index contributed by atoms with van der Waals surface area (Å²) in [5.41, 5.74) is 7.78. The summed E-state index contributed by atoms with van der Waals surface area (Å²) in [4.78, 5) is 17.4. The third-order valence-corrected chi connectivity index (χ3v) is 5.15. The van der Waals surface area contributed by atoms with Crippen molar-refractivity contribution >= 4 is 40.3 Å². The number of nitrogens with one attached hydrogen (secondary N) is 3. The van der Waals surface area contributed by atoms with Crippen molar-refractivity contribution < 1.29 is 9.18 Å². The second-order valence-electron chi connectivity index (χ2n) is 5.80. The van der Waals surface area contributed by atoms with Crippen LogP contribution < -0.4 is 16.2 Å². The molecule has 3 N–H and O–H groups in total. The molecule has 0 saturated heterocycles. The average molecular weight is 401 g/mol. The van der Waals surface area contributed by atoms with Crippen LogP contribution in [0.15, 0.2) is 48.5 Å². The van der Waals surface area contributed by atoms with E-state index in [2.05, 4.69) is 21.2 Å². The number of carbonyl (C=O) groups is 1. The Balaban J connectivity index is 1.61. The summed E-state index contributed by atoms with van der Waals surface area (Å²) in [6, 6.07) is 14.3. The highest BCUT2D eigenvalue weighted by molar-refractivity contribution is 7.80. The molecule has 1 amide bonds. The van der Waals surface area contributed by atoms with Crippen molar-refractivity contribution in [1.82, 2.24) is 15.8 Å². The van der Waals surface area contributed by atoms with E-state index in [1.807, 2.05) is 30.3 Å². The molecule has 1 aromatic heterocycles. The lowest BCUT2D eigenvalue weighted by Gasteiger charge is -2.11. The van der Waals surface area contributed by atoms with Gasteiger partial charge in [0, 0.05) is 11.3 Å². The SMILES string of the molecule is Cc1ccc(NC(=S)NNC(=O)c2sc(-c3ccccc3)nc2C)cc1F. The molecule has 0 fully saturated rings. The van der Waals surface area contributed by atoms with Gasteiger partial charge in [-0.15, -0.1) is 11.3 Å². The molecule has 0 bridgehead atoms. The van der Waals surface area contributed by atoms with Gasteiger partial charge in [0.05, 0.1) is 5.69 Å². The van der Waals surface area contributed by atoms with E-state index in [1.54, 1.807) is 26.0 Å². The van der Waals surface area contributed by atoms with Crippen molar-refractivity contribution in [2.75, 3.05) is 5.32 Å². The van der Waals surface area contributed by atoms with Gasteiger partial charge in [0.15, 0.2) is 5.11 Å². The summed E-state index contributed by atoms with van der Waals surface area (Å²) in [5, 5.41) is 3.74. The monoisotopic (exact) mass is 400 g/mol. The Labute approximate surface area is 165 Å². The molecule has 0 spiro atoms. The van der Waals surface area contributed by atoms with Crippen molar-refractivity contribution in [3.8, 4) is 10.6 Å². The van der Waals surface area contributed by atoms with Crippen molar-refractivity contribution in [2.45, 2.75) is 13.8 Å². The lowest BCUT2D eigenvalue weighted by atomic mass is 10.2. The smallest absolute Gasteiger partial charge is 0.281 e. The Bertz CT molecular complexity index is 989. The minimum atomic E-state index is -0.341. The minimum absolute atomic E-state index is 0.150. The number of anilines is 1. The van der Waals surface area contributed by atoms with Gasteiger partial charge >= 0.3 is 0 Å². The maximum absolute atomic E-state index is 13.6. The Morgan fingerprint density at radius 2 is 1.85 bits per heavy atom. The number of halogens is 1. The van der Waals surface area contributed by atoms with Crippen LogP contribution in [0.4, 0.5) is 10.1 Å². The minimum Gasteiger partial charge on any atom is -0.331 e. The maximum atomic E-state index is 13.6. The van der Waals surface area contributed by atoms with Crippen LogP contribution >= 0.6 is 23.6 Å². The number of nitrogens with zero attached hydrogens (tertiary/aromatic N) is 1. The Morgan fingerprint density at radius 3 is 2.56 bits per heavy atom. The fraction of sp³-hybridized carbons (Fsp3) is 0.105. The van der Waals surface area contributed by atoms with Crippen molar-refractivity contribution in [2.24, 2.45) is 0 Å². The first-order valence-electron chi connectivity index (χ1n) is 8.10. The van der Waals surface area contributed by atoms with Gasteiger partial charge in [-0.3, -0.25) is 15.6 Å². The number of aryl methyl sites for hydroxylation is 2. The summed E-state index contributed by atoms with van der Waals surface area (Å²) in [6.45, 7) is 3.46. The Kier molecular flexibility index (Phi) is 5.78. The first kappa shape index (κ1) is 18.9. The fourth-order valence-electron chi connectivity index (χ4n) is 2.31. The molecular formula is C19H17FN4OS2. The number of aromatic nitrogens is 1. The number of thiazole rings is 1. The summed E-state index contributed by atoms with van der Waals surface area (Å²) in [5.74, 6) is -0.674. The summed E-state index contributed by atoms with van der Waals surface area (Å²) in [7, 11) is 0. The second kappa shape index (κ2) is 8.24. The molecule has 8 heteroatoms. The molecule has 0 atom stereocenters. The molecule has 3 aromatic rings. The zero-order valence-electron chi connectivity index (χ0n) is 14.7. The Morgan fingerprint density at radius 1 is 1.11 bits per heavy atom. The molecule has 0 unspecified atom stereocenters. The van der Waals surface area contributed by atoms with Crippen LogP contribution in [0.3, 0.4) is 0 Å². The number of benzene rings is 2. The number of rotatable bonds is 3. The first-order chi connectivity index (χ1) is 12.9. The van der Waals surface area contributed by atoms with E-state index in [-0.39, 0.29) is 16.8 Å². The molecule has 27 heavy (non-hydrogen) atoms. The fourth-order valence-corrected chi connectivity index (χ4v) is 3.45. The number of hydrogen-bond acceptors (Lipinski definition) is 4. The highest BCUT2D eigenvalue weighted by Gasteiger charge is 2.16. The summed E-state index contributed by atoms with van der Waals surface area (Å²) in [6.07, 6.45) is 0. The lowest BCUT2D eigenvalue weighted by Crippen LogP contribution is -2.43. The third-order valence-electron chi connectivity index (χ3n) is 3.74. The standard InChI is InChI=1S/C19H17FN4OS2/c1-11-8-9-14(10-15(11)20)22-19(26)24-23-17(25)16-12(2)21-18(27-16)13-6-4-3-5-7-13/h3-10H,1-2H3,(H,23,25)(H2,22,24,26). The zero-order valence-corrected chi connectivity index (χ0v) is 16.3. The van der Waals surface area contributed by atoms with Gasteiger partial charge in [0.1, 0.15) is 15.7 Å². The van der Waals surface area contributed by atoms with Crippen LogP contribution in [0.1, 0.15) is 20.9 Å². The number of carbonyl (C=O) groups excluding carboxylic acids is 1. The molecule has 3 rings (SSSR count). The van der Waals surface area contributed by atoms with Gasteiger partial charge in [-0.1, -0.05) is 36.4 Å². The van der Waals surface area contributed by atoms with E-state index in [9.17, 15) is 9.18 Å². The maximum Gasteiger partial charge on any atom is 0.281 e. The zero-order chi connectivity index (χ0) is 19.4. The number of thiocarbonyl (C=S) groups is 1. The molecule has 0 aliphatic carbocycles. The third kappa shape index (κ3) is 4.66. The number of amides is 1. The van der Waals surface area contributed by atoms with Crippen LogP contribution in [-0.2, 0) is 0 Å². The van der Waals surface area contributed by atoms with Gasteiger partial charge in [-0.05, 0) is 43.8 Å². The first-order valence-corrected chi connectivity index (χ1v) is 9.33. The van der Waals surface area contributed by atoms with Gasteiger partial charge in [-0.2, -0.15) is 0 Å². The summed E-state index contributed by atoms with van der Waals surface area (Å²) < 4.78 is 13.6. The topological polar surface area (TPSA) is 66.0 Å². The van der Waals surface area contributed by atoms with Gasteiger partial charge in [0.25, 0.3) is 5.91 Å². The molecule has 5 nitrogen and oxygen atoms in total. The predicted molar refractivity (Wildman–Crippen MR) is 110 cm³/mol. The van der Waals surface area contributed by atoms with E-state index in [1.165, 1.54) is 17.4 Å². The van der Waals surface area contributed by atoms with E-state index in [4.69, 9.17) is 12.2 Å². The van der Waals surface area contributed by atoms with E-state index < -0.39 is 0 Å². The molecule has 0 saturated carbocycles. The molecule has 0 aliphatic heterocycles. The van der Waals surface area contributed by atoms with Crippen LogP contribution in [0.2, 0.25) is 0 Å². The van der Waals surface area contributed by atoms with Crippen LogP contribution in [0.5, 0.6) is 0 Å². The van der Waals surface area contributed by atoms with Gasteiger partial charge in [0.2, 0.25) is 0 Å². The summed E-state index contributed by atoms with van der Waals surface area (Å²) >= 11 is 6.43. The number of hydrazine groups is 1. The molecular weight excluding hydrogens is 383 g/mol. The van der Waals surface area contributed by atoms with Crippen LogP contribution in [0, 0.1) is 19.7 Å². The molecule has 1 heterocycles. The quantitative estimate of drug-likeness (QED) is 0.454. The van der Waals surface area contributed by atoms with Crippen LogP contribution in [0.25, 0.3) is 10.6 Å². The predicted octanol–water partition coefficient (Wildman–Crippen LogP) is 4.20. The highest BCUT2D eigenvalue weighted by Crippen LogP contribution is 2.27. The molecule has 2 aromatic carbocycles. The lowest BCUT2D eigenvalue weighted by molar-refractivity contribution is 0.0947. The number of hydrogen-bond donors (Lipinski definition) is 3. The largest absolute Gasteiger partial charge is 0.331 e.